The molecule has 1 aromatic rings. The van der Waals surface area contributed by atoms with Gasteiger partial charge in [-0.15, -0.1) is 0 Å². The topological polar surface area (TPSA) is 22.6 Å². The average Bonchev–Trinajstić information content (AvgIpc) is 2.50. The fraction of sp³-hybridized carbons (Fsp3) is 0.667. The Kier molecular flexibility index (Phi) is 4.55. The number of likely N-dealkylation sites (N-methyl/N-ethyl adjacent to an activating group) is 3. The summed E-state index contributed by atoms with van der Waals surface area (Å²) in [4.78, 5) is 11.7. The molecule has 0 amide bonds. The fourth-order valence-electron chi connectivity index (χ4n) is 2.88. The second kappa shape index (κ2) is 5.99. The monoisotopic (exact) mass is 262 g/mol. The standard InChI is InChI=1S/C15H26N4/c1-15(12-17(2)9-10-18(3)13-15)19(4)11-14-7-5-6-8-16-14/h5-8H,9-13H2,1-4H3. The van der Waals surface area contributed by atoms with Crippen molar-refractivity contribution in [2.45, 2.75) is 19.0 Å². The summed E-state index contributed by atoms with van der Waals surface area (Å²) in [6, 6.07) is 6.13. The van der Waals surface area contributed by atoms with Gasteiger partial charge < -0.3 is 9.80 Å². The van der Waals surface area contributed by atoms with Crippen LogP contribution in [0.1, 0.15) is 12.6 Å². The summed E-state index contributed by atoms with van der Waals surface area (Å²) in [6.45, 7) is 7.74. The van der Waals surface area contributed by atoms with Crippen molar-refractivity contribution in [3.8, 4) is 0 Å². The second-order valence-electron chi connectivity index (χ2n) is 6.15. The van der Waals surface area contributed by atoms with Crippen molar-refractivity contribution in [1.29, 1.82) is 0 Å². The van der Waals surface area contributed by atoms with Gasteiger partial charge in [0.1, 0.15) is 0 Å². The molecule has 0 unspecified atom stereocenters. The molecule has 2 rings (SSSR count). The Morgan fingerprint density at radius 3 is 2.37 bits per heavy atom. The van der Waals surface area contributed by atoms with E-state index in [0.29, 0.717) is 0 Å². The molecule has 0 bridgehead atoms. The first-order valence-electron chi connectivity index (χ1n) is 6.98. The highest BCUT2D eigenvalue weighted by atomic mass is 15.3. The Labute approximate surface area is 117 Å². The molecule has 2 heterocycles. The van der Waals surface area contributed by atoms with Crippen LogP contribution in [0.4, 0.5) is 0 Å². The lowest BCUT2D eigenvalue weighted by molar-refractivity contribution is 0.0810. The third-order valence-electron chi connectivity index (χ3n) is 4.13. The predicted molar refractivity (Wildman–Crippen MR) is 79.1 cm³/mol. The Bertz CT molecular complexity index is 380. The normalized spacial score (nSPS) is 21.5. The largest absolute Gasteiger partial charge is 0.303 e. The maximum absolute atomic E-state index is 4.44. The van der Waals surface area contributed by atoms with Crippen LogP contribution in [-0.2, 0) is 6.54 Å². The molecule has 1 saturated heterocycles. The number of hydrogen-bond acceptors (Lipinski definition) is 4. The van der Waals surface area contributed by atoms with Crippen molar-refractivity contribution in [2.75, 3.05) is 47.3 Å². The highest BCUT2D eigenvalue weighted by Crippen LogP contribution is 2.20. The highest BCUT2D eigenvalue weighted by Gasteiger charge is 2.34. The first kappa shape index (κ1) is 14.4. The minimum Gasteiger partial charge on any atom is -0.303 e. The third kappa shape index (κ3) is 3.75. The smallest absolute Gasteiger partial charge is 0.0544 e. The molecule has 0 saturated carbocycles. The fourth-order valence-corrected chi connectivity index (χ4v) is 2.88. The van der Waals surface area contributed by atoms with Gasteiger partial charge in [-0.2, -0.15) is 0 Å². The van der Waals surface area contributed by atoms with E-state index in [1.807, 2.05) is 12.3 Å². The number of rotatable bonds is 3. The summed E-state index contributed by atoms with van der Waals surface area (Å²) in [5.74, 6) is 0. The van der Waals surface area contributed by atoms with Crippen molar-refractivity contribution in [3.05, 3.63) is 30.1 Å². The van der Waals surface area contributed by atoms with Crippen molar-refractivity contribution in [3.63, 3.8) is 0 Å². The number of pyridine rings is 1. The van der Waals surface area contributed by atoms with Crippen LogP contribution in [0.25, 0.3) is 0 Å². The summed E-state index contributed by atoms with van der Waals surface area (Å²) in [7, 11) is 6.64. The van der Waals surface area contributed by atoms with E-state index in [0.717, 1.165) is 38.4 Å². The molecule has 0 atom stereocenters. The molecule has 19 heavy (non-hydrogen) atoms. The van der Waals surface area contributed by atoms with E-state index in [1.165, 1.54) is 0 Å². The lowest BCUT2D eigenvalue weighted by atomic mass is 9.99. The van der Waals surface area contributed by atoms with E-state index in [-0.39, 0.29) is 5.54 Å². The van der Waals surface area contributed by atoms with E-state index in [4.69, 9.17) is 0 Å². The third-order valence-corrected chi connectivity index (χ3v) is 4.13. The van der Waals surface area contributed by atoms with Crippen LogP contribution in [-0.4, -0.2) is 72.5 Å². The van der Waals surface area contributed by atoms with Gasteiger partial charge in [0.05, 0.1) is 5.69 Å². The summed E-state index contributed by atoms with van der Waals surface area (Å²) in [5, 5.41) is 0. The Morgan fingerprint density at radius 2 is 1.84 bits per heavy atom. The Morgan fingerprint density at radius 1 is 1.21 bits per heavy atom. The SMILES string of the molecule is CN1CCN(C)CC(C)(N(C)Cc2ccccn2)C1. The minimum absolute atomic E-state index is 0.164. The van der Waals surface area contributed by atoms with Crippen LogP contribution >= 0.6 is 0 Å². The van der Waals surface area contributed by atoms with Gasteiger partial charge in [0.2, 0.25) is 0 Å². The van der Waals surface area contributed by atoms with Crippen LogP contribution in [0.15, 0.2) is 24.4 Å². The maximum Gasteiger partial charge on any atom is 0.0544 e. The molecule has 4 heteroatoms. The number of hydrogen-bond donors (Lipinski definition) is 0. The van der Waals surface area contributed by atoms with Crippen LogP contribution < -0.4 is 0 Å². The van der Waals surface area contributed by atoms with E-state index in [1.54, 1.807) is 0 Å². The molecule has 0 radical (unpaired) electrons. The van der Waals surface area contributed by atoms with Crippen LogP contribution in [0, 0.1) is 0 Å². The zero-order valence-corrected chi connectivity index (χ0v) is 12.6. The summed E-state index contributed by atoms with van der Waals surface area (Å²) in [5.41, 5.74) is 1.30. The van der Waals surface area contributed by atoms with E-state index < -0.39 is 0 Å². The van der Waals surface area contributed by atoms with E-state index in [2.05, 4.69) is 59.9 Å². The summed E-state index contributed by atoms with van der Waals surface area (Å²) in [6.07, 6.45) is 1.87. The molecule has 0 aromatic carbocycles. The van der Waals surface area contributed by atoms with Crippen molar-refractivity contribution in [2.24, 2.45) is 0 Å². The van der Waals surface area contributed by atoms with Gasteiger partial charge in [0, 0.05) is 44.5 Å². The first-order chi connectivity index (χ1) is 8.99. The van der Waals surface area contributed by atoms with Gasteiger partial charge in [0.15, 0.2) is 0 Å². The summed E-state index contributed by atoms with van der Waals surface area (Å²) < 4.78 is 0. The maximum atomic E-state index is 4.44. The summed E-state index contributed by atoms with van der Waals surface area (Å²) >= 11 is 0. The zero-order valence-electron chi connectivity index (χ0n) is 12.6. The minimum atomic E-state index is 0.164. The first-order valence-corrected chi connectivity index (χ1v) is 6.98. The van der Waals surface area contributed by atoms with Crippen LogP contribution in [0.5, 0.6) is 0 Å². The van der Waals surface area contributed by atoms with Crippen molar-refractivity contribution in [1.82, 2.24) is 19.7 Å². The van der Waals surface area contributed by atoms with Crippen LogP contribution in [0.3, 0.4) is 0 Å². The lowest BCUT2D eigenvalue weighted by Crippen LogP contribution is -2.54. The molecule has 1 fully saturated rings. The average molecular weight is 262 g/mol. The van der Waals surface area contributed by atoms with Gasteiger partial charge in [-0.25, -0.2) is 0 Å². The Balaban J connectivity index is 2.08. The van der Waals surface area contributed by atoms with Gasteiger partial charge in [0.25, 0.3) is 0 Å². The van der Waals surface area contributed by atoms with Gasteiger partial charge >= 0.3 is 0 Å². The lowest BCUT2D eigenvalue weighted by Gasteiger charge is -2.41. The van der Waals surface area contributed by atoms with Gasteiger partial charge in [-0.3, -0.25) is 9.88 Å². The molecule has 4 nitrogen and oxygen atoms in total. The molecule has 0 spiro atoms. The molecule has 106 valence electrons. The highest BCUT2D eigenvalue weighted by molar-refractivity contribution is 5.05. The van der Waals surface area contributed by atoms with E-state index >= 15 is 0 Å². The van der Waals surface area contributed by atoms with Crippen molar-refractivity contribution >= 4 is 0 Å². The molecule has 1 aromatic heterocycles. The van der Waals surface area contributed by atoms with Gasteiger partial charge in [-0.1, -0.05) is 6.07 Å². The molecule has 0 aliphatic carbocycles. The van der Waals surface area contributed by atoms with E-state index in [9.17, 15) is 0 Å². The molecule has 0 N–H and O–H groups in total. The van der Waals surface area contributed by atoms with Gasteiger partial charge in [-0.05, 0) is 40.2 Å². The Hall–Kier alpha value is -0.970. The molecular formula is C15H26N4. The van der Waals surface area contributed by atoms with Crippen molar-refractivity contribution < 1.29 is 0 Å². The molecule has 1 aliphatic heterocycles. The number of aromatic nitrogens is 1. The predicted octanol–water partition coefficient (Wildman–Crippen LogP) is 1.15. The molecule has 1 aliphatic rings. The van der Waals surface area contributed by atoms with Crippen LogP contribution in [0.2, 0.25) is 0 Å². The zero-order chi connectivity index (χ0) is 13.9. The number of nitrogens with zero attached hydrogens (tertiary/aromatic N) is 4. The quantitative estimate of drug-likeness (QED) is 0.815. The second-order valence-corrected chi connectivity index (χ2v) is 6.15. The molecular weight excluding hydrogens is 236 g/mol.